The number of ether oxygens (including phenoxy) is 2. The second-order valence-electron chi connectivity index (χ2n) is 6.97. The zero-order valence-electron chi connectivity index (χ0n) is 15.5. The Morgan fingerprint density at radius 3 is 2.25 bits per heavy atom. The topological polar surface area (TPSA) is 21.5 Å². The molecule has 2 aliphatic rings. The van der Waals surface area contributed by atoms with Gasteiger partial charge < -0.3 is 33.5 Å². The molecule has 4 rings (SSSR count). The molecule has 0 N–H and O–H groups in total. The number of likely N-dealkylation sites (N-methyl/N-ethyl adjacent to an activating group) is 1. The lowest BCUT2D eigenvalue weighted by Crippen LogP contribution is -3.00. The lowest BCUT2D eigenvalue weighted by molar-refractivity contribution is -0.499. The highest BCUT2D eigenvalue weighted by atomic mass is 127. The van der Waals surface area contributed by atoms with Crippen molar-refractivity contribution in [2.45, 2.75) is 25.4 Å². The van der Waals surface area contributed by atoms with Crippen molar-refractivity contribution in [1.82, 2.24) is 0 Å². The zero-order chi connectivity index (χ0) is 19.0. The van der Waals surface area contributed by atoms with Crippen LogP contribution in [0.3, 0.4) is 0 Å². The minimum Gasteiger partial charge on any atom is -1.00 e. The van der Waals surface area contributed by atoms with Crippen LogP contribution in [-0.2, 0) is 19.0 Å². The van der Waals surface area contributed by atoms with Crippen molar-refractivity contribution in [3.63, 3.8) is 0 Å². The summed E-state index contributed by atoms with van der Waals surface area (Å²) >= 11 is 0. The molecule has 0 unspecified atom stereocenters. The Labute approximate surface area is 179 Å². The maximum atomic E-state index is 12.7. The number of benzene rings is 2. The van der Waals surface area contributed by atoms with Crippen molar-refractivity contribution in [2.75, 3.05) is 26.8 Å². The molecule has 0 saturated heterocycles. The van der Waals surface area contributed by atoms with Crippen molar-refractivity contribution in [3.05, 3.63) is 58.7 Å². The number of hydrogen-bond acceptors (Lipinski definition) is 2. The largest absolute Gasteiger partial charge is 1.00 e. The fourth-order valence-corrected chi connectivity index (χ4v) is 3.68. The Balaban J connectivity index is 0.00000225. The SMILES string of the molecule is C[N+]1=C(CCc2ccc(C(F)(F)F)cc2)c2cc3c(cc2CC1)OCCO3.[I-]. The molecule has 0 bridgehead atoms. The van der Waals surface area contributed by atoms with Crippen LogP contribution in [0.2, 0.25) is 0 Å². The predicted molar refractivity (Wildman–Crippen MR) is 96.1 cm³/mol. The first-order valence-electron chi connectivity index (χ1n) is 9.08. The summed E-state index contributed by atoms with van der Waals surface area (Å²) < 4.78 is 51.8. The molecule has 0 aromatic heterocycles. The lowest BCUT2D eigenvalue weighted by Gasteiger charge is -2.23. The monoisotopic (exact) mass is 503 g/mol. The van der Waals surface area contributed by atoms with Crippen molar-refractivity contribution >= 4 is 5.71 Å². The van der Waals surface area contributed by atoms with Gasteiger partial charge in [-0.25, -0.2) is 4.58 Å². The van der Waals surface area contributed by atoms with Gasteiger partial charge in [-0.05, 0) is 41.8 Å². The van der Waals surface area contributed by atoms with Crippen LogP contribution in [0, 0.1) is 0 Å². The minimum atomic E-state index is -4.29. The van der Waals surface area contributed by atoms with E-state index in [9.17, 15) is 13.2 Å². The second-order valence-corrected chi connectivity index (χ2v) is 6.97. The van der Waals surface area contributed by atoms with E-state index in [1.165, 1.54) is 11.3 Å². The average Bonchev–Trinajstić information content (AvgIpc) is 2.65. The summed E-state index contributed by atoms with van der Waals surface area (Å²) in [5.74, 6) is 1.56. The highest BCUT2D eigenvalue weighted by molar-refractivity contribution is 5.99. The number of rotatable bonds is 3. The molecule has 2 aliphatic heterocycles. The summed E-state index contributed by atoms with van der Waals surface area (Å²) in [4.78, 5) is 0. The van der Waals surface area contributed by atoms with Gasteiger partial charge in [0.05, 0.1) is 5.56 Å². The molecule has 0 saturated carbocycles. The zero-order valence-corrected chi connectivity index (χ0v) is 17.6. The Bertz CT molecular complexity index is 892. The number of alkyl halides is 3. The molecule has 7 heteroatoms. The van der Waals surface area contributed by atoms with Gasteiger partial charge >= 0.3 is 6.18 Å². The Kier molecular flexibility index (Phi) is 6.21. The number of halogens is 4. The van der Waals surface area contributed by atoms with Gasteiger partial charge in [-0.3, -0.25) is 0 Å². The molecule has 150 valence electrons. The van der Waals surface area contributed by atoms with E-state index < -0.39 is 11.7 Å². The van der Waals surface area contributed by atoms with E-state index in [1.807, 2.05) is 6.07 Å². The molecular weight excluding hydrogens is 482 g/mol. The first kappa shape index (κ1) is 21.0. The van der Waals surface area contributed by atoms with Gasteiger partial charge in [0.25, 0.3) is 0 Å². The molecule has 0 fully saturated rings. The maximum Gasteiger partial charge on any atom is 0.416 e. The quantitative estimate of drug-likeness (QED) is 0.463. The van der Waals surface area contributed by atoms with Crippen LogP contribution in [0.15, 0.2) is 36.4 Å². The van der Waals surface area contributed by atoms with E-state index >= 15 is 0 Å². The predicted octanol–water partition coefficient (Wildman–Crippen LogP) is 1.10. The Hall–Kier alpha value is -1.77. The van der Waals surface area contributed by atoms with Gasteiger partial charge in [-0.1, -0.05) is 12.1 Å². The van der Waals surface area contributed by atoms with Gasteiger partial charge in [-0.2, -0.15) is 13.2 Å². The molecular formula is C21H21F3INO2. The molecule has 2 heterocycles. The van der Waals surface area contributed by atoms with E-state index in [1.54, 1.807) is 12.1 Å². The molecule has 3 nitrogen and oxygen atoms in total. The standard InChI is InChI=1S/C21H21F3NO2.HI/c1-25-9-8-15-12-19-20(27-11-10-26-19)13-17(15)18(25)7-4-14-2-5-16(6-3-14)21(22,23)24;/h2-3,5-6,12-13H,4,7-11H2,1H3;1H/q+1;/p-1. The number of fused-ring (bicyclic) bond motifs is 2. The summed E-state index contributed by atoms with van der Waals surface area (Å²) in [6.07, 6.45) is -1.91. The summed E-state index contributed by atoms with van der Waals surface area (Å²) in [5.41, 5.74) is 3.86. The van der Waals surface area contributed by atoms with Crippen molar-refractivity contribution < 1.29 is 51.2 Å². The van der Waals surface area contributed by atoms with Crippen LogP contribution in [0.4, 0.5) is 13.2 Å². The third-order valence-electron chi connectivity index (χ3n) is 5.19. The van der Waals surface area contributed by atoms with Gasteiger partial charge in [0, 0.05) is 18.4 Å². The van der Waals surface area contributed by atoms with E-state index in [0.29, 0.717) is 19.6 Å². The van der Waals surface area contributed by atoms with E-state index in [2.05, 4.69) is 17.7 Å². The first-order chi connectivity index (χ1) is 12.9. The second kappa shape index (κ2) is 8.31. The van der Waals surface area contributed by atoms with E-state index in [4.69, 9.17) is 9.47 Å². The number of aryl methyl sites for hydroxylation is 1. The molecule has 0 spiro atoms. The fraction of sp³-hybridized carbons (Fsp3) is 0.381. The summed E-state index contributed by atoms with van der Waals surface area (Å²) in [6, 6.07) is 9.55. The average molecular weight is 503 g/mol. The Morgan fingerprint density at radius 2 is 1.61 bits per heavy atom. The molecule has 0 aliphatic carbocycles. The van der Waals surface area contributed by atoms with Gasteiger partial charge in [0.15, 0.2) is 17.2 Å². The van der Waals surface area contributed by atoms with Gasteiger partial charge in [0.2, 0.25) is 0 Å². The van der Waals surface area contributed by atoms with E-state index in [-0.39, 0.29) is 24.0 Å². The molecule has 0 amide bonds. The molecule has 2 aromatic carbocycles. The molecule has 0 atom stereocenters. The normalized spacial score (nSPS) is 15.7. The third kappa shape index (κ3) is 4.29. The molecule has 0 radical (unpaired) electrons. The summed E-state index contributed by atoms with van der Waals surface area (Å²) in [6.45, 7) is 2.02. The van der Waals surface area contributed by atoms with Crippen LogP contribution >= 0.6 is 0 Å². The first-order valence-corrected chi connectivity index (χ1v) is 9.08. The van der Waals surface area contributed by atoms with Crippen molar-refractivity contribution in [2.24, 2.45) is 0 Å². The van der Waals surface area contributed by atoms with Crippen molar-refractivity contribution in [1.29, 1.82) is 0 Å². The smallest absolute Gasteiger partial charge is 0.416 e. The van der Waals surface area contributed by atoms with Crippen LogP contribution in [0.1, 0.15) is 28.7 Å². The lowest BCUT2D eigenvalue weighted by atomic mass is 9.92. The van der Waals surface area contributed by atoms with Crippen molar-refractivity contribution in [3.8, 4) is 11.5 Å². The van der Waals surface area contributed by atoms with Gasteiger partial charge in [0.1, 0.15) is 26.8 Å². The van der Waals surface area contributed by atoms with Crippen LogP contribution < -0.4 is 33.5 Å². The van der Waals surface area contributed by atoms with Crippen LogP contribution in [-0.4, -0.2) is 37.1 Å². The number of hydrogen-bond donors (Lipinski definition) is 0. The highest BCUT2D eigenvalue weighted by Gasteiger charge is 2.30. The Morgan fingerprint density at radius 1 is 0.964 bits per heavy atom. The number of nitrogens with zero attached hydrogens (tertiary/aromatic N) is 1. The summed E-state index contributed by atoms with van der Waals surface area (Å²) in [7, 11) is 2.06. The molecule has 28 heavy (non-hydrogen) atoms. The van der Waals surface area contributed by atoms with Gasteiger partial charge in [-0.15, -0.1) is 0 Å². The highest BCUT2D eigenvalue weighted by Crippen LogP contribution is 2.35. The minimum absolute atomic E-state index is 0. The third-order valence-corrected chi connectivity index (χ3v) is 5.19. The maximum absolute atomic E-state index is 12.7. The fourth-order valence-electron chi connectivity index (χ4n) is 3.68. The van der Waals surface area contributed by atoms with Crippen LogP contribution in [0.25, 0.3) is 0 Å². The van der Waals surface area contributed by atoms with E-state index in [0.717, 1.165) is 54.1 Å². The van der Waals surface area contributed by atoms with Crippen LogP contribution in [0.5, 0.6) is 11.5 Å². The summed E-state index contributed by atoms with van der Waals surface area (Å²) in [5, 5.41) is 0. The molecule has 2 aromatic rings.